The minimum absolute atomic E-state index is 0.0519. The molecule has 0 aliphatic heterocycles. The van der Waals surface area contributed by atoms with Gasteiger partial charge in [-0.25, -0.2) is 8.78 Å². The number of halogens is 2. The van der Waals surface area contributed by atoms with Crippen molar-refractivity contribution in [2.24, 2.45) is 11.7 Å². The number of benzene rings is 1. The molecule has 2 N–H and O–H groups in total. The molecule has 1 atom stereocenters. The minimum Gasteiger partial charge on any atom is -0.370 e. The van der Waals surface area contributed by atoms with E-state index in [2.05, 4.69) is 13.8 Å². The molecule has 0 heterocycles. The second-order valence-electron chi connectivity index (χ2n) is 4.84. The molecule has 0 aliphatic carbocycles. The summed E-state index contributed by atoms with van der Waals surface area (Å²) in [6.45, 7) is 5.16. The molecule has 102 valence electrons. The Bertz CT molecular complexity index is 370. The maximum atomic E-state index is 13.9. The highest BCUT2D eigenvalue weighted by atomic mass is 19.1. The fourth-order valence-corrected chi connectivity index (χ4v) is 1.98. The van der Waals surface area contributed by atoms with Gasteiger partial charge in [0.15, 0.2) is 0 Å². The third-order valence-electron chi connectivity index (χ3n) is 3.17. The average molecular weight is 256 g/mol. The van der Waals surface area contributed by atoms with E-state index < -0.39 is 11.6 Å². The van der Waals surface area contributed by atoms with Crippen LogP contribution < -0.4 is 10.6 Å². The molecule has 1 aromatic carbocycles. The first-order valence-corrected chi connectivity index (χ1v) is 6.38. The van der Waals surface area contributed by atoms with Crippen molar-refractivity contribution >= 4 is 5.69 Å². The summed E-state index contributed by atoms with van der Waals surface area (Å²) in [5.74, 6) is -0.619. The monoisotopic (exact) mass is 256 g/mol. The summed E-state index contributed by atoms with van der Waals surface area (Å²) in [5.41, 5.74) is 6.04. The Balaban J connectivity index is 2.95. The molecule has 0 bridgehead atoms. The molecule has 0 aliphatic rings. The molecular weight excluding hydrogens is 234 g/mol. The highest BCUT2D eigenvalue weighted by Gasteiger charge is 2.16. The van der Waals surface area contributed by atoms with Crippen LogP contribution in [-0.2, 0) is 6.42 Å². The van der Waals surface area contributed by atoms with Crippen molar-refractivity contribution in [2.45, 2.75) is 26.7 Å². The van der Waals surface area contributed by atoms with Gasteiger partial charge in [-0.15, -0.1) is 0 Å². The van der Waals surface area contributed by atoms with Gasteiger partial charge < -0.3 is 10.6 Å². The molecule has 0 saturated carbocycles. The second kappa shape index (κ2) is 6.69. The topological polar surface area (TPSA) is 29.3 Å². The molecule has 1 rings (SSSR count). The van der Waals surface area contributed by atoms with E-state index >= 15 is 0 Å². The lowest BCUT2D eigenvalue weighted by Gasteiger charge is -2.24. The predicted molar refractivity (Wildman–Crippen MR) is 71.8 cm³/mol. The first kappa shape index (κ1) is 14.9. The zero-order valence-electron chi connectivity index (χ0n) is 11.3. The number of anilines is 1. The van der Waals surface area contributed by atoms with Crippen molar-refractivity contribution in [3.8, 4) is 0 Å². The second-order valence-corrected chi connectivity index (χ2v) is 4.84. The predicted octanol–water partition coefficient (Wildman–Crippen LogP) is 2.95. The van der Waals surface area contributed by atoms with Crippen LogP contribution in [0.2, 0.25) is 0 Å². The number of nitrogens with two attached hydrogens (primary N) is 1. The van der Waals surface area contributed by atoms with E-state index in [4.69, 9.17) is 5.73 Å². The highest BCUT2D eigenvalue weighted by Crippen LogP contribution is 2.25. The van der Waals surface area contributed by atoms with Crippen LogP contribution in [0.5, 0.6) is 0 Å². The van der Waals surface area contributed by atoms with Crippen molar-refractivity contribution in [3.63, 3.8) is 0 Å². The maximum Gasteiger partial charge on any atom is 0.149 e. The largest absolute Gasteiger partial charge is 0.370 e. The molecule has 1 unspecified atom stereocenters. The third kappa shape index (κ3) is 3.67. The molecule has 0 radical (unpaired) electrons. The van der Waals surface area contributed by atoms with Crippen molar-refractivity contribution < 1.29 is 8.78 Å². The van der Waals surface area contributed by atoms with Crippen molar-refractivity contribution in [1.29, 1.82) is 0 Å². The summed E-state index contributed by atoms with van der Waals surface area (Å²) >= 11 is 0. The Morgan fingerprint density at radius 3 is 2.28 bits per heavy atom. The lowest BCUT2D eigenvalue weighted by atomic mass is 10.1. The smallest absolute Gasteiger partial charge is 0.149 e. The SMILES string of the molecule is CCC(C)CN(C)c1c(F)cc(CCN)cc1F. The lowest BCUT2D eigenvalue weighted by molar-refractivity contribution is 0.532. The molecule has 18 heavy (non-hydrogen) atoms. The summed E-state index contributed by atoms with van der Waals surface area (Å²) in [6, 6.07) is 2.75. The Hall–Kier alpha value is -1.16. The van der Waals surface area contributed by atoms with Gasteiger partial charge in [0.05, 0.1) is 0 Å². The zero-order valence-corrected chi connectivity index (χ0v) is 11.3. The molecule has 0 fully saturated rings. The quantitative estimate of drug-likeness (QED) is 0.848. The summed E-state index contributed by atoms with van der Waals surface area (Å²) in [5, 5.41) is 0. The Morgan fingerprint density at radius 2 is 1.83 bits per heavy atom. The van der Waals surface area contributed by atoms with Crippen LogP contribution in [0.1, 0.15) is 25.8 Å². The standard InChI is InChI=1S/C14H22F2N2/c1-4-10(2)9-18(3)14-12(15)7-11(5-6-17)8-13(14)16/h7-8,10H,4-6,9,17H2,1-3H3. The van der Waals surface area contributed by atoms with E-state index in [9.17, 15) is 8.78 Å². The summed E-state index contributed by atoms with van der Waals surface area (Å²) in [7, 11) is 1.72. The van der Waals surface area contributed by atoms with Gasteiger partial charge in [-0.1, -0.05) is 20.3 Å². The molecule has 2 nitrogen and oxygen atoms in total. The van der Waals surface area contributed by atoms with Gasteiger partial charge in [-0.3, -0.25) is 0 Å². The average Bonchev–Trinajstić information content (AvgIpc) is 2.28. The Morgan fingerprint density at radius 1 is 1.28 bits per heavy atom. The van der Waals surface area contributed by atoms with Gasteiger partial charge >= 0.3 is 0 Å². The van der Waals surface area contributed by atoms with Crippen LogP contribution in [0.25, 0.3) is 0 Å². The summed E-state index contributed by atoms with van der Waals surface area (Å²) < 4.78 is 27.8. The first-order chi connectivity index (χ1) is 8.49. The fourth-order valence-electron chi connectivity index (χ4n) is 1.98. The number of hydrogen-bond acceptors (Lipinski definition) is 2. The molecule has 1 aromatic rings. The third-order valence-corrected chi connectivity index (χ3v) is 3.17. The lowest BCUT2D eigenvalue weighted by Crippen LogP contribution is -2.25. The van der Waals surface area contributed by atoms with Crippen molar-refractivity contribution in [1.82, 2.24) is 0 Å². The molecule has 0 amide bonds. The van der Waals surface area contributed by atoms with Gasteiger partial charge in [0.25, 0.3) is 0 Å². The van der Waals surface area contributed by atoms with Gasteiger partial charge in [0, 0.05) is 13.6 Å². The molecular formula is C14H22F2N2. The number of nitrogens with zero attached hydrogens (tertiary/aromatic N) is 1. The van der Waals surface area contributed by atoms with E-state index in [0.717, 1.165) is 6.42 Å². The van der Waals surface area contributed by atoms with Crippen LogP contribution >= 0.6 is 0 Å². The van der Waals surface area contributed by atoms with Crippen LogP contribution in [0.15, 0.2) is 12.1 Å². The van der Waals surface area contributed by atoms with Crippen LogP contribution in [0.3, 0.4) is 0 Å². The summed E-state index contributed by atoms with van der Waals surface area (Å²) in [4.78, 5) is 1.64. The molecule has 4 heteroatoms. The van der Waals surface area contributed by atoms with Gasteiger partial charge in [0.2, 0.25) is 0 Å². The fraction of sp³-hybridized carbons (Fsp3) is 0.571. The van der Waals surface area contributed by atoms with E-state index in [-0.39, 0.29) is 5.69 Å². The van der Waals surface area contributed by atoms with Gasteiger partial charge in [-0.2, -0.15) is 0 Å². The normalized spacial score (nSPS) is 12.6. The molecule has 0 saturated heterocycles. The number of rotatable bonds is 6. The van der Waals surface area contributed by atoms with E-state index in [1.54, 1.807) is 11.9 Å². The van der Waals surface area contributed by atoms with E-state index in [1.165, 1.54) is 12.1 Å². The maximum absolute atomic E-state index is 13.9. The van der Waals surface area contributed by atoms with Crippen LogP contribution in [-0.4, -0.2) is 20.1 Å². The van der Waals surface area contributed by atoms with Crippen LogP contribution in [0, 0.1) is 17.6 Å². The van der Waals surface area contributed by atoms with E-state index in [0.29, 0.717) is 31.0 Å². The summed E-state index contributed by atoms with van der Waals surface area (Å²) in [6.07, 6.45) is 1.47. The number of hydrogen-bond donors (Lipinski definition) is 1. The van der Waals surface area contributed by atoms with Crippen molar-refractivity contribution in [2.75, 3.05) is 25.0 Å². The van der Waals surface area contributed by atoms with Crippen molar-refractivity contribution in [3.05, 3.63) is 29.3 Å². The van der Waals surface area contributed by atoms with Crippen LogP contribution in [0.4, 0.5) is 14.5 Å². The molecule has 0 aromatic heterocycles. The Kier molecular flexibility index (Phi) is 5.54. The zero-order chi connectivity index (χ0) is 13.7. The minimum atomic E-state index is -0.510. The van der Waals surface area contributed by atoms with Gasteiger partial charge in [0.1, 0.15) is 17.3 Å². The molecule has 0 spiro atoms. The van der Waals surface area contributed by atoms with E-state index in [1.807, 2.05) is 0 Å². The highest BCUT2D eigenvalue weighted by molar-refractivity contribution is 5.50. The first-order valence-electron chi connectivity index (χ1n) is 6.38. The van der Waals surface area contributed by atoms with Gasteiger partial charge in [-0.05, 0) is 36.6 Å². The Labute approximate surface area is 108 Å².